The van der Waals surface area contributed by atoms with Crippen LogP contribution in [0, 0.1) is 13.8 Å². The fourth-order valence-electron chi connectivity index (χ4n) is 3.92. The first kappa shape index (κ1) is 23.1. The molecule has 8 nitrogen and oxygen atoms in total. The van der Waals surface area contributed by atoms with Gasteiger partial charge in [-0.1, -0.05) is 11.6 Å². The Morgan fingerprint density at radius 3 is 2.29 bits per heavy atom. The maximum Gasteiger partial charge on any atom is 0.336 e. The monoisotopic (exact) mass is 479 g/mol. The molecule has 0 bridgehead atoms. The molecule has 0 unspecified atom stereocenters. The highest BCUT2D eigenvalue weighted by Gasteiger charge is 2.38. The van der Waals surface area contributed by atoms with Gasteiger partial charge in [-0.2, -0.15) is 0 Å². The van der Waals surface area contributed by atoms with Crippen LogP contribution in [-0.4, -0.2) is 36.6 Å². The number of amides is 4. The van der Waals surface area contributed by atoms with Crippen LogP contribution in [-0.2, 0) is 9.59 Å². The van der Waals surface area contributed by atoms with Gasteiger partial charge in [0.1, 0.15) is 17.1 Å². The van der Waals surface area contributed by atoms with E-state index in [-0.39, 0.29) is 17.0 Å². The highest BCUT2D eigenvalue weighted by molar-refractivity contribution is 6.39. The number of barbiturate groups is 1. The molecule has 2 heterocycles. The van der Waals surface area contributed by atoms with Gasteiger partial charge < -0.3 is 14.0 Å². The van der Waals surface area contributed by atoms with Crippen LogP contribution >= 0.6 is 11.6 Å². The second-order valence-electron chi connectivity index (χ2n) is 7.63. The third-order valence-electron chi connectivity index (χ3n) is 5.58. The smallest absolute Gasteiger partial charge is 0.336 e. The number of benzene rings is 2. The van der Waals surface area contributed by atoms with Crippen LogP contribution < -0.4 is 19.7 Å². The molecule has 1 saturated heterocycles. The minimum absolute atomic E-state index is 0.161. The number of nitrogens with zero attached hydrogens (tertiary/aromatic N) is 2. The maximum atomic E-state index is 13.4. The summed E-state index contributed by atoms with van der Waals surface area (Å²) in [6.45, 7) is 3.80. The molecule has 4 amide bonds. The van der Waals surface area contributed by atoms with Gasteiger partial charge in [0.2, 0.25) is 0 Å². The molecule has 1 N–H and O–H groups in total. The van der Waals surface area contributed by atoms with Gasteiger partial charge in [-0.05, 0) is 68.0 Å². The van der Waals surface area contributed by atoms with Crippen LogP contribution in [0.3, 0.4) is 0 Å². The molecule has 2 aromatic carbocycles. The van der Waals surface area contributed by atoms with E-state index >= 15 is 0 Å². The maximum absolute atomic E-state index is 13.4. The first-order valence-electron chi connectivity index (χ1n) is 10.3. The Bertz CT molecular complexity index is 1340. The van der Waals surface area contributed by atoms with Crippen molar-refractivity contribution in [1.29, 1.82) is 0 Å². The number of methoxy groups -OCH3 is 2. The summed E-state index contributed by atoms with van der Waals surface area (Å²) in [4.78, 5) is 39.6. The van der Waals surface area contributed by atoms with Crippen LogP contribution in [0.25, 0.3) is 11.8 Å². The quantitative estimate of drug-likeness (QED) is 0.432. The van der Waals surface area contributed by atoms with Gasteiger partial charge in [-0.25, -0.2) is 9.69 Å². The summed E-state index contributed by atoms with van der Waals surface area (Å²) >= 11 is 6.01. The van der Waals surface area contributed by atoms with Crippen molar-refractivity contribution in [2.24, 2.45) is 0 Å². The van der Waals surface area contributed by atoms with Crippen molar-refractivity contribution in [3.8, 4) is 17.2 Å². The Morgan fingerprint density at radius 2 is 1.65 bits per heavy atom. The number of rotatable bonds is 5. The number of urea groups is 1. The molecule has 3 aromatic rings. The number of ether oxygens (including phenoxy) is 2. The molecule has 174 valence electrons. The largest absolute Gasteiger partial charge is 0.497 e. The van der Waals surface area contributed by atoms with Gasteiger partial charge in [0.05, 0.1) is 19.9 Å². The van der Waals surface area contributed by atoms with E-state index in [9.17, 15) is 14.4 Å². The summed E-state index contributed by atoms with van der Waals surface area (Å²) < 4.78 is 12.5. The van der Waals surface area contributed by atoms with Gasteiger partial charge in [-0.3, -0.25) is 14.9 Å². The van der Waals surface area contributed by atoms with Gasteiger partial charge in [0, 0.05) is 28.2 Å². The van der Waals surface area contributed by atoms with Crippen LogP contribution in [0.1, 0.15) is 17.0 Å². The minimum atomic E-state index is -0.870. The summed E-state index contributed by atoms with van der Waals surface area (Å²) in [5.41, 5.74) is 3.25. The number of aromatic nitrogens is 1. The predicted octanol–water partition coefficient (Wildman–Crippen LogP) is 4.43. The molecule has 1 aromatic heterocycles. The SMILES string of the molecule is COc1ccc(OC)c(N2C(=O)NC(=O)C(=Cc3cc(C)n(-c4ccc(Cl)cc4)c3C)C2=O)c1. The average Bonchev–Trinajstić information content (AvgIpc) is 3.09. The first-order valence-corrected chi connectivity index (χ1v) is 10.7. The van der Waals surface area contributed by atoms with Crippen molar-refractivity contribution < 1.29 is 23.9 Å². The first-order chi connectivity index (χ1) is 16.2. The molecule has 1 aliphatic rings. The normalized spacial score (nSPS) is 15.0. The molecule has 0 spiro atoms. The summed E-state index contributed by atoms with van der Waals surface area (Å²) in [6, 6.07) is 13.1. The van der Waals surface area contributed by atoms with E-state index in [1.54, 1.807) is 24.3 Å². The summed E-state index contributed by atoms with van der Waals surface area (Å²) in [7, 11) is 2.89. The fourth-order valence-corrected chi connectivity index (χ4v) is 4.05. The highest BCUT2D eigenvalue weighted by atomic mass is 35.5. The van der Waals surface area contributed by atoms with Crippen molar-refractivity contribution in [3.63, 3.8) is 0 Å². The molecular weight excluding hydrogens is 458 g/mol. The Hall–Kier alpha value is -4.04. The van der Waals surface area contributed by atoms with Crippen molar-refractivity contribution in [3.05, 3.63) is 76.1 Å². The number of aryl methyl sites for hydroxylation is 1. The van der Waals surface area contributed by atoms with E-state index in [1.807, 2.05) is 36.6 Å². The lowest BCUT2D eigenvalue weighted by atomic mass is 10.1. The second kappa shape index (κ2) is 9.07. The third-order valence-corrected chi connectivity index (χ3v) is 5.84. The van der Waals surface area contributed by atoms with E-state index in [2.05, 4.69) is 5.32 Å². The molecular formula is C25H22ClN3O5. The fraction of sp³-hybridized carbons (Fsp3) is 0.160. The van der Waals surface area contributed by atoms with Crippen molar-refractivity contribution in [2.75, 3.05) is 19.1 Å². The lowest BCUT2D eigenvalue weighted by molar-refractivity contribution is -0.122. The molecule has 0 saturated carbocycles. The molecule has 34 heavy (non-hydrogen) atoms. The number of carbonyl (C=O) groups excluding carboxylic acids is 3. The zero-order chi connectivity index (χ0) is 24.6. The van der Waals surface area contributed by atoms with Crippen molar-refractivity contribution in [1.82, 2.24) is 9.88 Å². The van der Waals surface area contributed by atoms with Crippen LogP contribution in [0.4, 0.5) is 10.5 Å². The van der Waals surface area contributed by atoms with Crippen LogP contribution in [0.2, 0.25) is 5.02 Å². The average molecular weight is 480 g/mol. The third kappa shape index (κ3) is 4.04. The molecule has 4 rings (SSSR count). The zero-order valence-corrected chi connectivity index (χ0v) is 19.8. The van der Waals surface area contributed by atoms with E-state index in [0.717, 1.165) is 22.0 Å². The molecule has 1 fully saturated rings. The second-order valence-corrected chi connectivity index (χ2v) is 8.07. The number of halogens is 1. The summed E-state index contributed by atoms with van der Waals surface area (Å²) in [5.74, 6) is -0.842. The van der Waals surface area contributed by atoms with Crippen molar-refractivity contribution >= 4 is 41.2 Å². The standard InChI is InChI=1S/C25H22ClN3O5/c1-14-11-16(15(2)28(14)18-7-5-17(26)6-8-18)12-20-23(30)27-25(32)29(24(20)31)21-13-19(33-3)9-10-22(21)34-4/h5-13H,1-4H3,(H,27,30,32). The molecule has 9 heteroatoms. The summed E-state index contributed by atoms with van der Waals surface area (Å²) in [6.07, 6.45) is 1.48. The highest BCUT2D eigenvalue weighted by Crippen LogP contribution is 2.35. The Balaban J connectivity index is 1.78. The summed E-state index contributed by atoms with van der Waals surface area (Å²) in [5, 5.41) is 2.86. The zero-order valence-electron chi connectivity index (χ0n) is 19.0. The number of imide groups is 2. The van der Waals surface area contributed by atoms with Gasteiger partial charge in [0.25, 0.3) is 11.8 Å². The van der Waals surface area contributed by atoms with E-state index < -0.39 is 17.8 Å². The number of carbonyl (C=O) groups is 3. The van der Waals surface area contributed by atoms with E-state index in [1.165, 1.54) is 26.4 Å². The van der Waals surface area contributed by atoms with E-state index in [0.29, 0.717) is 16.3 Å². The number of nitrogens with one attached hydrogen (secondary N) is 1. The Labute approximate surface area is 201 Å². The Kier molecular flexibility index (Phi) is 6.17. The number of hydrogen-bond acceptors (Lipinski definition) is 5. The minimum Gasteiger partial charge on any atom is -0.497 e. The molecule has 1 aliphatic heterocycles. The van der Waals surface area contributed by atoms with Crippen molar-refractivity contribution in [2.45, 2.75) is 13.8 Å². The molecule has 0 atom stereocenters. The van der Waals surface area contributed by atoms with Gasteiger partial charge in [0.15, 0.2) is 0 Å². The number of hydrogen-bond donors (Lipinski definition) is 1. The Morgan fingerprint density at radius 1 is 0.941 bits per heavy atom. The topological polar surface area (TPSA) is 89.9 Å². The predicted molar refractivity (Wildman–Crippen MR) is 129 cm³/mol. The molecule has 0 aliphatic carbocycles. The molecule has 0 radical (unpaired) electrons. The van der Waals surface area contributed by atoms with Crippen LogP contribution in [0.15, 0.2) is 54.1 Å². The van der Waals surface area contributed by atoms with Crippen LogP contribution in [0.5, 0.6) is 11.5 Å². The van der Waals surface area contributed by atoms with E-state index in [4.69, 9.17) is 21.1 Å². The van der Waals surface area contributed by atoms with Gasteiger partial charge in [-0.15, -0.1) is 0 Å². The van der Waals surface area contributed by atoms with Gasteiger partial charge >= 0.3 is 6.03 Å². The lowest BCUT2D eigenvalue weighted by Crippen LogP contribution is -2.54. The number of anilines is 1. The lowest BCUT2D eigenvalue weighted by Gasteiger charge is -2.27.